The van der Waals surface area contributed by atoms with Crippen LogP contribution in [0.4, 0.5) is 10.1 Å². The molecule has 7 nitrogen and oxygen atoms in total. The van der Waals surface area contributed by atoms with Gasteiger partial charge < -0.3 is 24.3 Å². The van der Waals surface area contributed by atoms with Crippen molar-refractivity contribution in [2.24, 2.45) is 0 Å². The highest BCUT2D eigenvalue weighted by atomic mass is 19.1. The highest BCUT2D eigenvalue weighted by molar-refractivity contribution is 5.89. The van der Waals surface area contributed by atoms with Crippen LogP contribution in [0.25, 0.3) is 0 Å². The molecule has 1 N–H and O–H groups in total. The van der Waals surface area contributed by atoms with Crippen LogP contribution in [-0.2, 0) is 17.8 Å². The Morgan fingerprint density at radius 3 is 2.31 bits per heavy atom. The van der Waals surface area contributed by atoms with Crippen LogP contribution in [0.15, 0.2) is 96.2 Å². The lowest BCUT2D eigenvalue weighted by atomic mass is 9.81. The van der Waals surface area contributed by atoms with Crippen molar-refractivity contribution >= 4 is 11.7 Å². The molecule has 0 saturated heterocycles. The number of benzene rings is 4. The number of ether oxygens (including phenoxy) is 4. The summed E-state index contributed by atoms with van der Waals surface area (Å²) in [6, 6.07) is 26.1. The molecule has 6 rings (SSSR count). The van der Waals surface area contributed by atoms with Gasteiger partial charge in [0.1, 0.15) is 18.2 Å². The maximum absolute atomic E-state index is 14.1. The number of carbonyl (C=O) groups is 1. The van der Waals surface area contributed by atoms with Crippen molar-refractivity contribution in [1.29, 1.82) is 0 Å². The normalized spacial score (nSPS) is 17.6. The first-order valence-corrected chi connectivity index (χ1v) is 15.0. The van der Waals surface area contributed by atoms with Crippen LogP contribution in [0.3, 0.4) is 0 Å². The van der Waals surface area contributed by atoms with Gasteiger partial charge in [0.25, 0.3) is 0 Å². The van der Waals surface area contributed by atoms with Crippen molar-refractivity contribution in [3.63, 3.8) is 0 Å². The molecule has 2 heterocycles. The maximum Gasteiger partial charge on any atom is 0.337 e. The third kappa shape index (κ3) is 6.24. The van der Waals surface area contributed by atoms with E-state index in [1.165, 1.54) is 35.9 Å². The highest BCUT2D eigenvalue weighted by Gasteiger charge is 2.40. The second-order valence-corrected chi connectivity index (χ2v) is 11.4. The zero-order valence-electron chi connectivity index (χ0n) is 25.9. The van der Waals surface area contributed by atoms with Gasteiger partial charge in [0.2, 0.25) is 0 Å². The van der Waals surface area contributed by atoms with Gasteiger partial charge >= 0.3 is 5.97 Å². The summed E-state index contributed by atoms with van der Waals surface area (Å²) in [4.78, 5) is 14.3. The summed E-state index contributed by atoms with van der Waals surface area (Å²) in [7, 11) is 4.68. The molecule has 2 aliphatic rings. The summed E-state index contributed by atoms with van der Waals surface area (Å²) >= 11 is 0. The first-order chi connectivity index (χ1) is 21.9. The molecule has 0 radical (unpaired) electrons. The van der Waals surface area contributed by atoms with Gasteiger partial charge in [0, 0.05) is 24.0 Å². The Hall–Kier alpha value is -4.82. The first kappa shape index (κ1) is 30.2. The van der Waals surface area contributed by atoms with E-state index in [1.54, 1.807) is 26.4 Å². The lowest BCUT2D eigenvalue weighted by Crippen LogP contribution is -2.43. The van der Waals surface area contributed by atoms with E-state index in [0.717, 1.165) is 47.6 Å². The van der Waals surface area contributed by atoms with E-state index in [0.29, 0.717) is 23.7 Å². The molecule has 0 aliphatic carbocycles. The Morgan fingerprint density at radius 1 is 0.911 bits per heavy atom. The van der Waals surface area contributed by atoms with E-state index >= 15 is 0 Å². The molecule has 2 unspecified atom stereocenters. The molecular formula is C37H37FN2O5. The predicted molar refractivity (Wildman–Crippen MR) is 171 cm³/mol. The van der Waals surface area contributed by atoms with Crippen LogP contribution in [0.1, 0.15) is 58.0 Å². The fourth-order valence-corrected chi connectivity index (χ4v) is 6.36. The van der Waals surface area contributed by atoms with Gasteiger partial charge in [-0.05, 0) is 103 Å². The molecule has 45 heavy (non-hydrogen) atoms. The third-order valence-corrected chi connectivity index (χ3v) is 8.71. The number of rotatable bonds is 9. The third-order valence-electron chi connectivity index (χ3n) is 8.71. The zero-order valence-corrected chi connectivity index (χ0v) is 25.9. The minimum atomic E-state index is -0.374. The SMILES string of the molecule is COC(=O)c1ccc(COc2cc3c(cc2OC)CCN2C3CC(C)=C(Nc3ccc(OC)cc3)C2c2ccc(F)cc2)cc1. The largest absolute Gasteiger partial charge is 0.497 e. The molecule has 2 aliphatic heterocycles. The standard InChI is InChI=1S/C37H37FN2O5/c1-23-19-32-31-21-34(45-22-24-5-7-26(8-6-24)37(41)44-4)33(43-3)20-27(31)17-18-40(32)36(25-9-11-28(38)12-10-25)35(23)39-29-13-15-30(42-2)16-14-29/h5-16,20-21,32,36,39H,17-19,22H2,1-4H3. The quantitative estimate of drug-likeness (QED) is 0.196. The van der Waals surface area contributed by atoms with Crippen LogP contribution in [0, 0.1) is 5.82 Å². The number of methoxy groups -OCH3 is 3. The van der Waals surface area contributed by atoms with Gasteiger partial charge in [-0.2, -0.15) is 0 Å². The Balaban J connectivity index is 1.33. The van der Waals surface area contributed by atoms with Crippen LogP contribution in [-0.4, -0.2) is 38.7 Å². The van der Waals surface area contributed by atoms with E-state index in [4.69, 9.17) is 18.9 Å². The lowest BCUT2D eigenvalue weighted by Gasteiger charge is -2.47. The van der Waals surface area contributed by atoms with Crippen molar-refractivity contribution in [3.8, 4) is 17.2 Å². The fourth-order valence-electron chi connectivity index (χ4n) is 6.36. The van der Waals surface area contributed by atoms with Gasteiger partial charge in [-0.25, -0.2) is 9.18 Å². The second kappa shape index (κ2) is 13.0. The molecular weight excluding hydrogens is 571 g/mol. The van der Waals surface area contributed by atoms with Crippen LogP contribution < -0.4 is 19.5 Å². The molecule has 0 saturated carbocycles. The summed E-state index contributed by atoms with van der Waals surface area (Å²) in [6.45, 7) is 3.32. The van der Waals surface area contributed by atoms with Gasteiger partial charge in [-0.1, -0.05) is 29.8 Å². The van der Waals surface area contributed by atoms with Crippen molar-refractivity contribution < 1.29 is 28.1 Å². The minimum absolute atomic E-state index is 0.0952. The number of hydrogen-bond donors (Lipinski definition) is 1. The fraction of sp³-hybridized carbons (Fsp3) is 0.270. The van der Waals surface area contributed by atoms with Crippen molar-refractivity contribution in [2.75, 3.05) is 33.2 Å². The number of halogens is 1. The monoisotopic (exact) mass is 608 g/mol. The number of nitrogens with zero attached hydrogens (tertiary/aromatic N) is 1. The average Bonchev–Trinajstić information content (AvgIpc) is 3.08. The summed E-state index contributed by atoms with van der Waals surface area (Å²) < 4.78 is 36.3. The summed E-state index contributed by atoms with van der Waals surface area (Å²) in [5, 5.41) is 3.70. The molecule has 0 fully saturated rings. The number of esters is 1. The molecule has 2 atom stereocenters. The van der Waals surface area contributed by atoms with Gasteiger partial charge in [-0.3, -0.25) is 4.90 Å². The number of fused-ring (bicyclic) bond motifs is 3. The van der Waals surface area contributed by atoms with Gasteiger partial charge in [0.15, 0.2) is 11.5 Å². The van der Waals surface area contributed by atoms with E-state index in [2.05, 4.69) is 29.3 Å². The molecule has 0 bridgehead atoms. The summed E-state index contributed by atoms with van der Waals surface area (Å²) in [5.41, 5.74) is 8.18. The molecule has 4 aromatic carbocycles. The van der Waals surface area contributed by atoms with Gasteiger partial charge in [0.05, 0.1) is 32.9 Å². The predicted octanol–water partition coefficient (Wildman–Crippen LogP) is 7.64. The van der Waals surface area contributed by atoms with Crippen LogP contribution in [0.2, 0.25) is 0 Å². The molecule has 4 aromatic rings. The molecule has 0 aromatic heterocycles. The second-order valence-electron chi connectivity index (χ2n) is 11.4. The van der Waals surface area contributed by atoms with E-state index in [9.17, 15) is 9.18 Å². The highest BCUT2D eigenvalue weighted by Crippen LogP contribution is 2.49. The number of anilines is 1. The Kier molecular flexibility index (Phi) is 8.76. The smallest absolute Gasteiger partial charge is 0.337 e. The zero-order chi connectivity index (χ0) is 31.5. The van der Waals surface area contributed by atoms with Crippen LogP contribution >= 0.6 is 0 Å². The Labute approximate surface area is 263 Å². The minimum Gasteiger partial charge on any atom is -0.497 e. The first-order valence-electron chi connectivity index (χ1n) is 15.0. The van der Waals surface area contributed by atoms with Crippen LogP contribution in [0.5, 0.6) is 17.2 Å². The van der Waals surface area contributed by atoms with Gasteiger partial charge in [-0.15, -0.1) is 0 Å². The van der Waals surface area contributed by atoms with Crippen molar-refractivity contribution in [3.05, 3.63) is 130 Å². The molecule has 8 heteroatoms. The number of nitrogens with one attached hydrogen (secondary N) is 1. The summed E-state index contributed by atoms with van der Waals surface area (Å²) in [5.74, 6) is 1.52. The summed E-state index contributed by atoms with van der Waals surface area (Å²) in [6.07, 6.45) is 1.66. The maximum atomic E-state index is 14.1. The van der Waals surface area contributed by atoms with Crippen molar-refractivity contribution in [2.45, 2.75) is 38.5 Å². The average molecular weight is 609 g/mol. The topological polar surface area (TPSA) is 69.3 Å². The molecule has 0 amide bonds. The number of hydrogen-bond acceptors (Lipinski definition) is 7. The Morgan fingerprint density at radius 2 is 1.64 bits per heavy atom. The lowest BCUT2D eigenvalue weighted by molar-refractivity contribution is 0.0600. The Bertz CT molecular complexity index is 1700. The van der Waals surface area contributed by atoms with E-state index in [1.807, 2.05) is 48.5 Å². The number of carbonyl (C=O) groups excluding carboxylic acids is 1. The van der Waals surface area contributed by atoms with E-state index in [-0.39, 0.29) is 23.9 Å². The molecule has 0 spiro atoms. The molecule has 232 valence electrons. The van der Waals surface area contributed by atoms with Crippen molar-refractivity contribution in [1.82, 2.24) is 4.90 Å². The van der Waals surface area contributed by atoms with E-state index < -0.39 is 0 Å².